The predicted molar refractivity (Wildman–Crippen MR) is 90.0 cm³/mol. The Morgan fingerprint density at radius 2 is 2.21 bits per heavy atom. The Hall–Kier alpha value is -2.93. The number of nitrogens with one attached hydrogen (secondary N) is 1. The molecule has 1 aromatic carbocycles. The van der Waals surface area contributed by atoms with Gasteiger partial charge in [-0.2, -0.15) is 5.10 Å². The van der Waals surface area contributed by atoms with E-state index in [1.54, 1.807) is 17.1 Å². The summed E-state index contributed by atoms with van der Waals surface area (Å²) in [5, 5.41) is 17.1. The molecule has 3 rings (SSSR count). The van der Waals surface area contributed by atoms with Crippen LogP contribution in [0.2, 0.25) is 0 Å². The summed E-state index contributed by atoms with van der Waals surface area (Å²) in [7, 11) is 0. The number of fused-ring (bicyclic) bond motifs is 1. The van der Waals surface area contributed by atoms with E-state index in [0.717, 1.165) is 22.5 Å². The first-order valence-electron chi connectivity index (χ1n) is 7.62. The maximum absolute atomic E-state index is 11.3. The Morgan fingerprint density at radius 3 is 3.00 bits per heavy atom. The number of aliphatic hydroxyl groups is 1. The van der Waals surface area contributed by atoms with Crippen LogP contribution in [-0.4, -0.2) is 45.4 Å². The van der Waals surface area contributed by atoms with Crippen LogP contribution in [0.4, 0.5) is 5.82 Å². The number of rotatable bonds is 8. The molecule has 0 atom stereocenters. The highest BCUT2D eigenvalue weighted by molar-refractivity contribution is 5.84. The van der Waals surface area contributed by atoms with Crippen LogP contribution in [-0.2, 0) is 11.3 Å². The molecule has 0 bridgehead atoms. The zero-order chi connectivity index (χ0) is 16.8. The highest BCUT2D eigenvalue weighted by atomic mass is 16.5. The average Bonchev–Trinajstić information content (AvgIpc) is 3.01. The summed E-state index contributed by atoms with van der Waals surface area (Å²) in [4.78, 5) is 15.5. The number of Topliss-reactive ketones (excluding diaryl/α,β-unsaturated/α-hetero) is 1. The predicted octanol–water partition coefficient (Wildman–Crippen LogP) is 1.48. The van der Waals surface area contributed by atoms with Gasteiger partial charge in [0.25, 0.3) is 0 Å². The minimum absolute atomic E-state index is 0.0637. The molecule has 24 heavy (non-hydrogen) atoms. The highest BCUT2D eigenvalue weighted by Gasteiger charge is 2.07. The fraction of sp³-hybridized carbons (Fsp3) is 0.235. The molecule has 0 saturated carbocycles. The van der Waals surface area contributed by atoms with E-state index in [0.29, 0.717) is 13.2 Å². The Labute approximate surface area is 138 Å². The van der Waals surface area contributed by atoms with Crippen molar-refractivity contribution in [2.24, 2.45) is 0 Å². The molecular weight excluding hydrogens is 308 g/mol. The third-order valence-electron chi connectivity index (χ3n) is 3.46. The van der Waals surface area contributed by atoms with Gasteiger partial charge in [0.1, 0.15) is 31.3 Å². The van der Waals surface area contributed by atoms with Gasteiger partial charge in [0.05, 0.1) is 18.3 Å². The smallest absolute Gasteiger partial charge is 0.179 e. The first-order valence-corrected chi connectivity index (χ1v) is 7.62. The third-order valence-corrected chi connectivity index (χ3v) is 3.46. The highest BCUT2D eigenvalue weighted by Crippen LogP contribution is 2.20. The van der Waals surface area contributed by atoms with Crippen LogP contribution in [0.25, 0.3) is 10.9 Å². The van der Waals surface area contributed by atoms with Gasteiger partial charge < -0.3 is 15.2 Å². The Balaban J connectivity index is 1.57. The first kappa shape index (κ1) is 15.9. The lowest BCUT2D eigenvalue weighted by Gasteiger charge is -2.08. The number of aliphatic hydroxyl groups excluding tert-OH is 1. The molecule has 124 valence electrons. The van der Waals surface area contributed by atoms with Crippen LogP contribution in [0.15, 0.2) is 48.8 Å². The quantitative estimate of drug-likeness (QED) is 0.610. The number of nitrogens with zero attached hydrogens (tertiary/aromatic N) is 3. The van der Waals surface area contributed by atoms with E-state index in [1.165, 1.54) is 0 Å². The molecule has 0 aliphatic heterocycles. The van der Waals surface area contributed by atoms with E-state index in [9.17, 15) is 4.79 Å². The number of ketones is 1. The van der Waals surface area contributed by atoms with Gasteiger partial charge in [-0.1, -0.05) is 6.07 Å². The van der Waals surface area contributed by atoms with Crippen molar-refractivity contribution in [2.75, 3.05) is 25.1 Å². The maximum Gasteiger partial charge on any atom is 0.179 e. The SMILES string of the molecule is O=C(CO)Cn1ncc2cc(OCCNc3ccccn3)ccc21. The van der Waals surface area contributed by atoms with Crippen LogP contribution in [0.5, 0.6) is 5.75 Å². The molecule has 0 amide bonds. The van der Waals surface area contributed by atoms with Gasteiger partial charge in [0.15, 0.2) is 5.78 Å². The van der Waals surface area contributed by atoms with E-state index in [1.807, 2.05) is 36.4 Å². The van der Waals surface area contributed by atoms with Crippen molar-refractivity contribution < 1.29 is 14.6 Å². The van der Waals surface area contributed by atoms with E-state index < -0.39 is 6.61 Å². The summed E-state index contributed by atoms with van der Waals surface area (Å²) in [5.74, 6) is 1.27. The molecule has 0 aliphatic rings. The number of aromatic nitrogens is 3. The molecule has 0 fully saturated rings. The molecule has 0 spiro atoms. The zero-order valence-electron chi connectivity index (χ0n) is 13.1. The molecule has 7 heteroatoms. The van der Waals surface area contributed by atoms with Crippen molar-refractivity contribution in [3.05, 3.63) is 48.8 Å². The number of hydrogen-bond acceptors (Lipinski definition) is 6. The minimum atomic E-state index is -0.480. The lowest BCUT2D eigenvalue weighted by atomic mass is 10.2. The molecule has 7 nitrogen and oxygen atoms in total. The number of benzene rings is 1. The molecule has 0 saturated heterocycles. The molecule has 3 aromatic rings. The van der Waals surface area contributed by atoms with E-state index in [2.05, 4.69) is 15.4 Å². The molecule has 0 unspecified atom stereocenters. The number of hydrogen-bond donors (Lipinski definition) is 2. The Bertz CT molecular complexity index is 817. The van der Waals surface area contributed by atoms with Crippen LogP contribution >= 0.6 is 0 Å². The third kappa shape index (κ3) is 3.88. The van der Waals surface area contributed by atoms with Crippen molar-refractivity contribution in [1.82, 2.24) is 14.8 Å². The molecule has 2 N–H and O–H groups in total. The molecule has 2 heterocycles. The molecule has 0 aliphatic carbocycles. The average molecular weight is 326 g/mol. The monoisotopic (exact) mass is 326 g/mol. The standard InChI is InChI=1S/C17H18N4O3/c22-12-14(23)11-21-16-5-4-15(9-13(16)10-20-21)24-8-7-19-17-3-1-2-6-18-17/h1-6,9-10,22H,7-8,11-12H2,(H,18,19). The number of anilines is 1. The zero-order valence-corrected chi connectivity index (χ0v) is 13.1. The molecule has 2 aromatic heterocycles. The van der Waals surface area contributed by atoms with Crippen LogP contribution in [0, 0.1) is 0 Å². The topological polar surface area (TPSA) is 89.3 Å². The molecular formula is C17H18N4O3. The summed E-state index contributed by atoms with van der Waals surface area (Å²) >= 11 is 0. The van der Waals surface area contributed by atoms with Gasteiger partial charge in [0.2, 0.25) is 0 Å². The van der Waals surface area contributed by atoms with Crippen LogP contribution in [0.3, 0.4) is 0 Å². The number of ether oxygens (including phenoxy) is 1. The molecule has 0 radical (unpaired) electrons. The van der Waals surface area contributed by atoms with Gasteiger partial charge >= 0.3 is 0 Å². The fourth-order valence-corrected chi connectivity index (χ4v) is 2.31. The van der Waals surface area contributed by atoms with E-state index in [-0.39, 0.29) is 12.3 Å². The first-order chi connectivity index (χ1) is 11.8. The van der Waals surface area contributed by atoms with Crippen molar-refractivity contribution in [3.63, 3.8) is 0 Å². The summed E-state index contributed by atoms with van der Waals surface area (Å²) in [6, 6.07) is 11.3. The second-order valence-electron chi connectivity index (χ2n) is 5.21. The van der Waals surface area contributed by atoms with Gasteiger partial charge in [-0.3, -0.25) is 9.48 Å². The second kappa shape index (κ2) is 7.56. The van der Waals surface area contributed by atoms with Crippen molar-refractivity contribution in [1.29, 1.82) is 0 Å². The van der Waals surface area contributed by atoms with Crippen molar-refractivity contribution >= 4 is 22.5 Å². The van der Waals surface area contributed by atoms with Gasteiger partial charge in [-0.05, 0) is 30.3 Å². The lowest BCUT2D eigenvalue weighted by Crippen LogP contribution is -2.14. The summed E-state index contributed by atoms with van der Waals surface area (Å²) in [5.41, 5.74) is 0.829. The van der Waals surface area contributed by atoms with E-state index in [4.69, 9.17) is 9.84 Å². The number of carbonyl (C=O) groups excluding carboxylic acids is 1. The lowest BCUT2D eigenvalue weighted by molar-refractivity contribution is -0.122. The largest absolute Gasteiger partial charge is 0.492 e. The van der Waals surface area contributed by atoms with Gasteiger partial charge in [-0.15, -0.1) is 0 Å². The number of pyridine rings is 1. The summed E-state index contributed by atoms with van der Waals surface area (Å²) < 4.78 is 7.28. The summed E-state index contributed by atoms with van der Waals surface area (Å²) in [6.45, 7) is 0.721. The second-order valence-corrected chi connectivity index (χ2v) is 5.21. The fourth-order valence-electron chi connectivity index (χ4n) is 2.31. The van der Waals surface area contributed by atoms with Crippen LogP contribution < -0.4 is 10.1 Å². The van der Waals surface area contributed by atoms with E-state index >= 15 is 0 Å². The van der Waals surface area contributed by atoms with Crippen molar-refractivity contribution in [2.45, 2.75) is 6.54 Å². The Kier molecular flexibility index (Phi) is 5.02. The normalized spacial score (nSPS) is 10.7. The Morgan fingerprint density at radius 1 is 1.29 bits per heavy atom. The number of carbonyl (C=O) groups is 1. The minimum Gasteiger partial charge on any atom is -0.492 e. The van der Waals surface area contributed by atoms with Crippen molar-refractivity contribution in [3.8, 4) is 5.75 Å². The maximum atomic E-state index is 11.3. The van der Waals surface area contributed by atoms with Gasteiger partial charge in [-0.25, -0.2) is 4.98 Å². The van der Waals surface area contributed by atoms with Crippen LogP contribution in [0.1, 0.15) is 0 Å². The summed E-state index contributed by atoms with van der Waals surface area (Å²) in [6.07, 6.45) is 3.41. The van der Waals surface area contributed by atoms with Gasteiger partial charge in [0, 0.05) is 11.6 Å².